The van der Waals surface area contributed by atoms with E-state index in [0.29, 0.717) is 25.5 Å². The molecule has 0 aliphatic carbocycles. The number of thiazole rings is 1. The van der Waals surface area contributed by atoms with Gasteiger partial charge in [0.25, 0.3) is 0 Å². The van der Waals surface area contributed by atoms with Gasteiger partial charge >= 0.3 is 6.03 Å². The number of amides is 2. The van der Waals surface area contributed by atoms with E-state index in [4.69, 9.17) is 0 Å². The first-order valence-electron chi connectivity index (χ1n) is 9.97. The zero-order chi connectivity index (χ0) is 21.4. The van der Waals surface area contributed by atoms with Gasteiger partial charge in [-0.2, -0.15) is 0 Å². The summed E-state index contributed by atoms with van der Waals surface area (Å²) in [5, 5.41) is 8.40. The number of carbonyl (C=O) groups is 1. The van der Waals surface area contributed by atoms with Crippen LogP contribution in [0.4, 0.5) is 16.3 Å². The summed E-state index contributed by atoms with van der Waals surface area (Å²) in [6.45, 7) is 5.31. The number of carbonyl (C=O) groups excluding carboxylic acids is 1. The average molecular weight is 432 g/mol. The fraction of sp³-hybridized carbons (Fsp3) is 0.227. The van der Waals surface area contributed by atoms with Crippen LogP contribution in [0, 0.1) is 13.8 Å². The standard InChI is InChI=1S/C22H21N7OS/c1-13-20(31-14(2)27-13)9-24-22(30)29-10-17-19(11-29)25-12-26-21(17)28-16-7-15-5-3-4-6-18(15)23-8-16/h3-8,12H,9-11H2,1-2H3,(H,24,30)(H,25,26,28). The van der Waals surface area contributed by atoms with Crippen molar-refractivity contribution in [2.45, 2.75) is 33.5 Å². The van der Waals surface area contributed by atoms with Crippen molar-refractivity contribution in [2.24, 2.45) is 0 Å². The van der Waals surface area contributed by atoms with Crippen LogP contribution in [0.2, 0.25) is 0 Å². The highest BCUT2D eigenvalue weighted by Gasteiger charge is 2.27. The number of nitrogens with one attached hydrogen (secondary N) is 2. The van der Waals surface area contributed by atoms with E-state index in [1.165, 1.54) is 6.33 Å². The van der Waals surface area contributed by atoms with Crippen LogP contribution in [0.15, 0.2) is 42.9 Å². The summed E-state index contributed by atoms with van der Waals surface area (Å²) in [5.41, 5.74) is 4.53. The Balaban J connectivity index is 1.30. The molecule has 0 fully saturated rings. The van der Waals surface area contributed by atoms with Gasteiger partial charge in [-0.25, -0.2) is 19.7 Å². The number of hydrogen-bond acceptors (Lipinski definition) is 7. The molecule has 1 aliphatic heterocycles. The SMILES string of the molecule is Cc1nc(C)c(CNC(=O)N2Cc3ncnc(Nc4cnc5ccccc5c4)c3C2)s1. The molecule has 0 saturated carbocycles. The number of pyridine rings is 1. The third kappa shape index (κ3) is 3.91. The second-order valence-corrected chi connectivity index (χ2v) is 8.73. The Bertz CT molecular complexity index is 1290. The third-order valence-corrected chi connectivity index (χ3v) is 6.34. The zero-order valence-corrected chi connectivity index (χ0v) is 18.0. The number of para-hydroxylation sites is 1. The minimum Gasteiger partial charge on any atom is -0.339 e. The summed E-state index contributed by atoms with van der Waals surface area (Å²) >= 11 is 1.61. The predicted octanol–water partition coefficient (Wildman–Crippen LogP) is 4.07. The molecule has 0 saturated heterocycles. The number of aromatic nitrogens is 4. The van der Waals surface area contributed by atoms with Crippen molar-refractivity contribution in [2.75, 3.05) is 5.32 Å². The minimum absolute atomic E-state index is 0.123. The maximum Gasteiger partial charge on any atom is 0.318 e. The summed E-state index contributed by atoms with van der Waals surface area (Å²) in [4.78, 5) is 33.3. The molecule has 0 atom stereocenters. The number of hydrogen-bond donors (Lipinski definition) is 2. The second kappa shape index (κ2) is 7.92. The van der Waals surface area contributed by atoms with Crippen LogP contribution < -0.4 is 10.6 Å². The Morgan fingerprint density at radius 2 is 2.03 bits per heavy atom. The molecule has 2 amide bonds. The molecule has 31 heavy (non-hydrogen) atoms. The molecule has 2 N–H and O–H groups in total. The van der Waals surface area contributed by atoms with E-state index in [-0.39, 0.29) is 6.03 Å². The van der Waals surface area contributed by atoms with Crippen LogP contribution in [0.5, 0.6) is 0 Å². The Morgan fingerprint density at radius 1 is 1.16 bits per heavy atom. The van der Waals surface area contributed by atoms with Gasteiger partial charge in [0, 0.05) is 15.8 Å². The van der Waals surface area contributed by atoms with Crippen LogP contribution in [0.25, 0.3) is 10.9 Å². The molecular formula is C22H21N7OS. The molecule has 8 nitrogen and oxygen atoms in total. The van der Waals surface area contributed by atoms with Crippen LogP contribution in [0.1, 0.15) is 26.8 Å². The Kier molecular flexibility index (Phi) is 4.95. The summed E-state index contributed by atoms with van der Waals surface area (Å²) in [5.74, 6) is 0.700. The molecule has 0 spiro atoms. The number of anilines is 2. The molecule has 156 valence electrons. The predicted molar refractivity (Wildman–Crippen MR) is 120 cm³/mol. The lowest BCUT2D eigenvalue weighted by Crippen LogP contribution is -2.36. The monoisotopic (exact) mass is 431 g/mol. The quantitative estimate of drug-likeness (QED) is 0.506. The Morgan fingerprint density at radius 3 is 2.87 bits per heavy atom. The third-order valence-electron chi connectivity index (χ3n) is 5.26. The maximum atomic E-state index is 12.7. The summed E-state index contributed by atoms with van der Waals surface area (Å²) in [6, 6.07) is 9.87. The van der Waals surface area contributed by atoms with E-state index in [0.717, 1.165) is 43.4 Å². The highest BCUT2D eigenvalue weighted by Crippen LogP contribution is 2.29. The lowest BCUT2D eigenvalue weighted by Gasteiger charge is -2.16. The molecule has 1 aromatic carbocycles. The van der Waals surface area contributed by atoms with Crippen molar-refractivity contribution in [1.82, 2.24) is 30.2 Å². The minimum atomic E-state index is -0.123. The summed E-state index contributed by atoms with van der Waals surface area (Å²) < 4.78 is 0. The molecule has 3 aromatic heterocycles. The molecule has 4 aromatic rings. The maximum absolute atomic E-state index is 12.7. The van der Waals surface area contributed by atoms with Gasteiger partial charge in [-0.15, -0.1) is 11.3 Å². The van der Waals surface area contributed by atoms with E-state index in [1.54, 1.807) is 22.4 Å². The van der Waals surface area contributed by atoms with Crippen LogP contribution in [-0.4, -0.2) is 30.9 Å². The fourth-order valence-electron chi connectivity index (χ4n) is 3.71. The van der Waals surface area contributed by atoms with Gasteiger partial charge < -0.3 is 15.5 Å². The molecule has 4 heterocycles. The van der Waals surface area contributed by atoms with E-state index in [1.807, 2.05) is 44.2 Å². The van der Waals surface area contributed by atoms with E-state index < -0.39 is 0 Å². The van der Waals surface area contributed by atoms with Gasteiger partial charge in [0.2, 0.25) is 0 Å². The largest absolute Gasteiger partial charge is 0.339 e. The van der Waals surface area contributed by atoms with Crippen molar-refractivity contribution in [3.8, 4) is 0 Å². The van der Waals surface area contributed by atoms with Crippen molar-refractivity contribution >= 4 is 39.8 Å². The zero-order valence-electron chi connectivity index (χ0n) is 17.2. The lowest BCUT2D eigenvalue weighted by atomic mass is 10.2. The molecule has 0 radical (unpaired) electrons. The van der Waals surface area contributed by atoms with Crippen LogP contribution >= 0.6 is 11.3 Å². The fourth-order valence-corrected chi connectivity index (χ4v) is 4.59. The smallest absolute Gasteiger partial charge is 0.318 e. The van der Waals surface area contributed by atoms with Crippen molar-refractivity contribution in [3.63, 3.8) is 0 Å². The van der Waals surface area contributed by atoms with E-state index >= 15 is 0 Å². The number of aryl methyl sites for hydroxylation is 2. The highest BCUT2D eigenvalue weighted by atomic mass is 32.1. The highest BCUT2D eigenvalue weighted by molar-refractivity contribution is 7.11. The number of nitrogens with zero attached hydrogens (tertiary/aromatic N) is 5. The van der Waals surface area contributed by atoms with Gasteiger partial charge in [-0.1, -0.05) is 18.2 Å². The second-order valence-electron chi connectivity index (χ2n) is 7.45. The molecule has 0 bridgehead atoms. The average Bonchev–Trinajstić information content (AvgIpc) is 3.35. The van der Waals surface area contributed by atoms with Crippen molar-refractivity contribution in [3.05, 3.63) is 69.7 Å². The molecule has 9 heteroatoms. The Labute approximate surface area is 183 Å². The molecule has 0 unspecified atom stereocenters. The summed E-state index contributed by atoms with van der Waals surface area (Å²) in [7, 11) is 0. The first kappa shape index (κ1) is 19.4. The first-order valence-corrected chi connectivity index (χ1v) is 10.8. The first-order chi connectivity index (χ1) is 15.1. The molecule has 1 aliphatic rings. The van der Waals surface area contributed by atoms with Crippen molar-refractivity contribution in [1.29, 1.82) is 0 Å². The van der Waals surface area contributed by atoms with E-state index in [9.17, 15) is 4.79 Å². The van der Waals surface area contributed by atoms with Gasteiger partial charge in [0.15, 0.2) is 0 Å². The van der Waals surface area contributed by atoms with Gasteiger partial charge in [0.1, 0.15) is 12.1 Å². The number of benzene rings is 1. The molecular weight excluding hydrogens is 410 g/mol. The Hall–Kier alpha value is -3.59. The van der Waals surface area contributed by atoms with Crippen LogP contribution in [0.3, 0.4) is 0 Å². The number of fused-ring (bicyclic) bond motifs is 2. The lowest BCUT2D eigenvalue weighted by molar-refractivity contribution is 0.198. The summed E-state index contributed by atoms with van der Waals surface area (Å²) in [6.07, 6.45) is 3.32. The van der Waals surface area contributed by atoms with Crippen LogP contribution in [-0.2, 0) is 19.6 Å². The van der Waals surface area contributed by atoms with Crippen molar-refractivity contribution < 1.29 is 4.79 Å². The normalized spacial score (nSPS) is 12.8. The van der Waals surface area contributed by atoms with E-state index in [2.05, 4.69) is 30.6 Å². The molecule has 5 rings (SSSR count). The van der Waals surface area contributed by atoms with Gasteiger partial charge in [0.05, 0.1) is 53.4 Å². The van der Waals surface area contributed by atoms with Gasteiger partial charge in [-0.3, -0.25) is 4.98 Å². The van der Waals surface area contributed by atoms with Gasteiger partial charge in [-0.05, 0) is 26.0 Å². The number of urea groups is 1. The topological polar surface area (TPSA) is 95.9 Å². The number of rotatable bonds is 4.